The molecule has 0 aromatic heterocycles. The minimum Gasteiger partial charge on any atom is -0.399 e. The Balaban J connectivity index is 2.93. The number of anilines is 1. The third kappa shape index (κ3) is 4.04. The molecule has 2 N–H and O–H groups in total. The number of halogens is 1. The average Bonchev–Trinajstić information content (AvgIpc) is 2.18. The van der Waals surface area contributed by atoms with E-state index in [0.29, 0.717) is 17.8 Å². The van der Waals surface area contributed by atoms with Crippen molar-refractivity contribution >= 4 is 27.5 Å². The first-order valence-corrected chi connectivity index (χ1v) is 6.30. The summed E-state index contributed by atoms with van der Waals surface area (Å²) < 4.78 is 0.775. The number of rotatable bonds is 2. The molecule has 0 unspecified atom stereocenters. The summed E-state index contributed by atoms with van der Waals surface area (Å²) in [7, 11) is 1.81. The smallest absolute Gasteiger partial charge is 0.254 e. The number of hydrogen-bond acceptors (Lipinski definition) is 2. The molecule has 0 spiro atoms. The molecule has 0 aliphatic heterocycles. The lowest BCUT2D eigenvalue weighted by Gasteiger charge is -2.27. The fourth-order valence-electron chi connectivity index (χ4n) is 1.70. The van der Waals surface area contributed by atoms with Gasteiger partial charge < -0.3 is 10.6 Å². The van der Waals surface area contributed by atoms with Crippen molar-refractivity contribution in [3.63, 3.8) is 0 Å². The monoisotopic (exact) mass is 298 g/mol. The molecule has 3 nitrogen and oxygen atoms in total. The number of carbonyl (C=O) groups excluding carboxylic acids is 1. The van der Waals surface area contributed by atoms with Crippen molar-refractivity contribution in [1.29, 1.82) is 0 Å². The van der Waals surface area contributed by atoms with Gasteiger partial charge in [0.05, 0.1) is 5.56 Å². The number of hydrogen-bond donors (Lipinski definition) is 1. The van der Waals surface area contributed by atoms with E-state index in [1.54, 1.807) is 23.1 Å². The van der Waals surface area contributed by atoms with Gasteiger partial charge in [-0.2, -0.15) is 0 Å². The standard InChI is InChI=1S/C13H19BrN2O/c1-13(2,3)8-16(4)12(17)10-7-9(15)5-6-11(10)14/h5-7H,8,15H2,1-4H3. The number of benzene rings is 1. The Bertz CT molecular complexity index is 424. The molecular formula is C13H19BrN2O. The van der Waals surface area contributed by atoms with Crippen molar-refractivity contribution in [1.82, 2.24) is 4.90 Å². The predicted molar refractivity (Wildman–Crippen MR) is 75.0 cm³/mol. The van der Waals surface area contributed by atoms with E-state index in [1.807, 2.05) is 7.05 Å². The molecule has 17 heavy (non-hydrogen) atoms. The van der Waals surface area contributed by atoms with Crippen LogP contribution >= 0.6 is 15.9 Å². The zero-order valence-corrected chi connectivity index (χ0v) is 12.3. The van der Waals surface area contributed by atoms with Crippen LogP contribution in [0.2, 0.25) is 0 Å². The average molecular weight is 299 g/mol. The second-order valence-corrected chi connectivity index (χ2v) is 6.32. The van der Waals surface area contributed by atoms with Gasteiger partial charge in [0.1, 0.15) is 0 Å². The van der Waals surface area contributed by atoms with Crippen molar-refractivity contribution in [2.75, 3.05) is 19.3 Å². The molecule has 1 aromatic rings. The normalized spacial score (nSPS) is 11.4. The Morgan fingerprint density at radius 2 is 2.00 bits per heavy atom. The molecule has 0 bridgehead atoms. The van der Waals surface area contributed by atoms with E-state index in [-0.39, 0.29) is 11.3 Å². The maximum Gasteiger partial charge on any atom is 0.254 e. The van der Waals surface area contributed by atoms with Gasteiger partial charge in [-0.3, -0.25) is 4.79 Å². The van der Waals surface area contributed by atoms with Crippen LogP contribution in [0.5, 0.6) is 0 Å². The van der Waals surface area contributed by atoms with E-state index in [4.69, 9.17) is 5.73 Å². The Morgan fingerprint density at radius 1 is 1.41 bits per heavy atom. The molecule has 0 saturated heterocycles. The molecule has 0 heterocycles. The van der Waals surface area contributed by atoms with Crippen molar-refractivity contribution in [2.24, 2.45) is 5.41 Å². The van der Waals surface area contributed by atoms with Crippen LogP contribution in [-0.2, 0) is 0 Å². The molecule has 1 rings (SSSR count). The van der Waals surface area contributed by atoms with Crippen LogP contribution < -0.4 is 5.73 Å². The molecule has 0 saturated carbocycles. The lowest BCUT2D eigenvalue weighted by atomic mass is 9.96. The Labute approximate surface area is 111 Å². The number of nitrogen functional groups attached to an aromatic ring is 1. The Morgan fingerprint density at radius 3 is 2.53 bits per heavy atom. The topological polar surface area (TPSA) is 46.3 Å². The summed E-state index contributed by atoms with van der Waals surface area (Å²) in [4.78, 5) is 14.0. The van der Waals surface area contributed by atoms with Crippen LogP contribution in [0.3, 0.4) is 0 Å². The maximum absolute atomic E-state index is 12.2. The molecule has 4 heteroatoms. The first kappa shape index (κ1) is 14.0. The summed E-state index contributed by atoms with van der Waals surface area (Å²) in [5.41, 5.74) is 6.99. The van der Waals surface area contributed by atoms with Crippen LogP contribution in [0.4, 0.5) is 5.69 Å². The predicted octanol–water partition coefficient (Wildman–Crippen LogP) is 3.15. The lowest BCUT2D eigenvalue weighted by Crippen LogP contribution is -2.34. The van der Waals surface area contributed by atoms with E-state index in [2.05, 4.69) is 36.7 Å². The molecule has 1 amide bonds. The highest BCUT2D eigenvalue weighted by atomic mass is 79.9. The largest absolute Gasteiger partial charge is 0.399 e. The number of carbonyl (C=O) groups is 1. The highest BCUT2D eigenvalue weighted by molar-refractivity contribution is 9.10. The molecule has 0 aliphatic rings. The highest BCUT2D eigenvalue weighted by Crippen LogP contribution is 2.22. The summed E-state index contributed by atoms with van der Waals surface area (Å²) in [6.45, 7) is 7.01. The maximum atomic E-state index is 12.2. The van der Waals surface area contributed by atoms with Gasteiger partial charge in [-0.15, -0.1) is 0 Å². The summed E-state index contributed by atoms with van der Waals surface area (Å²) in [5, 5.41) is 0. The van der Waals surface area contributed by atoms with Crippen molar-refractivity contribution in [2.45, 2.75) is 20.8 Å². The van der Waals surface area contributed by atoms with Crippen LogP contribution in [0.15, 0.2) is 22.7 Å². The second-order valence-electron chi connectivity index (χ2n) is 5.46. The fraction of sp³-hybridized carbons (Fsp3) is 0.462. The summed E-state index contributed by atoms with van der Waals surface area (Å²) in [5.74, 6) is -0.0147. The van der Waals surface area contributed by atoms with Gasteiger partial charge in [0.25, 0.3) is 5.91 Å². The zero-order valence-electron chi connectivity index (χ0n) is 10.7. The van der Waals surface area contributed by atoms with Gasteiger partial charge in [0.15, 0.2) is 0 Å². The number of nitrogens with zero attached hydrogens (tertiary/aromatic N) is 1. The third-order valence-corrected chi connectivity index (χ3v) is 2.97. The molecule has 1 aromatic carbocycles. The van der Waals surface area contributed by atoms with E-state index in [0.717, 1.165) is 4.47 Å². The van der Waals surface area contributed by atoms with Gasteiger partial charge in [0.2, 0.25) is 0 Å². The molecule has 94 valence electrons. The van der Waals surface area contributed by atoms with E-state index >= 15 is 0 Å². The van der Waals surface area contributed by atoms with Gasteiger partial charge in [-0.05, 0) is 39.5 Å². The summed E-state index contributed by atoms with van der Waals surface area (Å²) in [6, 6.07) is 5.27. The van der Waals surface area contributed by atoms with Gasteiger partial charge in [-0.1, -0.05) is 20.8 Å². The second kappa shape index (κ2) is 5.08. The first-order valence-electron chi connectivity index (χ1n) is 5.51. The first-order chi connectivity index (χ1) is 7.70. The molecule has 0 radical (unpaired) electrons. The van der Waals surface area contributed by atoms with Gasteiger partial charge in [-0.25, -0.2) is 0 Å². The molecule has 0 atom stereocenters. The van der Waals surface area contributed by atoms with E-state index in [9.17, 15) is 4.79 Å². The molecular weight excluding hydrogens is 280 g/mol. The Hall–Kier alpha value is -1.03. The van der Waals surface area contributed by atoms with Gasteiger partial charge >= 0.3 is 0 Å². The van der Waals surface area contributed by atoms with E-state index < -0.39 is 0 Å². The number of nitrogens with two attached hydrogens (primary N) is 1. The fourth-order valence-corrected chi connectivity index (χ4v) is 2.11. The van der Waals surface area contributed by atoms with E-state index in [1.165, 1.54) is 0 Å². The minimum absolute atomic E-state index is 0.0147. The lowest BCUT2D eigenvalue weighted by molar-refractivity contribution is 0.0745. The molecule has 0 aliphatic carbocycles. The van der Waals surface area contributed by atoms with Crippen molar-refractivity contribution in [3.8, 4) is 0 Å². The van der Waals surface area contributed by atoms with Gasteiger partial charge in [0, 0.05) is 23.8 Å². The SMILES string of the molecule is CN(CC(C)(C)C)C(=O)c1cc(N)ccc1Br. The summed E-state index contributed by atoms with van der Waals surface area (Å²) in [6.07, 6.45) is 0. The quantitative estimate of drug-likeness (QED) is 0.853. The Kier molecular flexibility index (Phi) is 4.20. The molecule has 0 fully saturated rings. The zero-order chi connectivity index (χ0) is 13.2. The van der Waals surface area contributed by atoms with Crippen LogP contribution in [0.25, 0.3) is 0 Å². The van der Waals surface area contributed by atoms with Crippen molar-refractivity contribution < 1.29 is 4.79 Å². The highest BCUT2D eigenvalue weighted by Gasteiger charge is 2.20. The number of amides is 1. The van der Waals surface area contributed by atoms with Crippen molar-refractivity contribution in [3.05, 3.63) is 28.2 Å². The minimum atomic E-state index is -0.0147. The van der Waals surface area contributed by atoms with Crippen LogP contribution in [-0.4, -0.2) is 24.4 Å². The van der Waals surface area contributed by atoms with Crippen LogP contribution in [0.1, 0.15) is 31.1 Å². The van der Waals surface area contributed by atoms with Crippen LogP contribution in [0, 0.1) is 5.41 Å². The summed E-state index contributed by atoms with van der Waals surface area (Å²) >= 11 is 3.38. The third-order valence-electron chi connectivity index (χ3n) is 2.28.